The van der Waals surface area contributed by atoms with Crippen LogP contribution in [0.1, 0.15) is 44.5 Å². The van der Waals surface area contributed by atoms with Crippen molar-refractivity contribution in [2.45, 2.75) is 39.3 Å². The smallest absolute Gasteiger partial charge is 0.240 e. The van der Waals surface area contributed by atoms with Crippen LogP contribution in [0.2, 0.25) is 0 Å². The number of nitrogens with zero attached hydrogens (tertiary/aromatic N) is 2. The van der Waals surface area contributed by atoms with E-state index in [0.717, 1.165) is 12.5 Å². The topological polar surface area (TPSA) is 60.2 Å². The molecule has 1 heterocycles. The first kappa shape index (κ1) is 12.5. The van der Waals surface area contributed by atoms with E-state index in [0.29, 0.717) is 24.2 Å². The minimum absolute atomic E-state index is 0.0871. The van der Waals surface area contributed by atoms with Crippen LogP contribution in [0.25, 0.3) is 0 Å². The van der Waals surface area contributed by atoms with Crippen molar-refractivity contribution in [1.82, 2.24) is 15.5 Å². The quantitative estimate of drug-likeness (QED) is 0.787. The van der Waals surface area contributed by atoms with E-state index in [4.69, 9.17) is 9.26 Å². The normalized spacial score (nSPS) is 17.6. The molecule has 1 aliphatic rings. The molecule has 17 heavy (non-hydrogen) atoms. The molecule has 0 bridgehead atoms. The van der Waals surface area contributed by atoms with Gasteiger partial charge in [-0.3, -0.25) is 0 Å². The van der Waals surface area contributed by atoms with Crippen LogP contribution in [-0.4, -0.2) is 23.8 Å². The summed E-state index contributed by atoms with van der Waals surface area (Å²) in [6, 6.07) is 0. The molecule has 5 heteroatoms. The van der Waals surface area contributed by atoms with Gasteiger partial charge < -0.3 is 14.6 Å². The predicted molar refractivity (Wildman–Crippen MR) is 63.3 cm³/mol. The lowest BCUT2D eigenvalue weighted by Crippen LogP contribution is -2.16. The van der Waals surface area contributed by atoms with Gasteiger partial charge in [0.25, 0.3) is 0 Å². The molecule has 0 radical (unpaired) electrons. The highest BCUT2D eigenvalue weighted by atomic mass is 16.5. The highest BCUT2D eigenvalue weighted by Gasteiger charge is 2.22. The Morgan fingerprint density at radius 3 is 2.82 bits per heavy atom. The van der Waals surface area contributed by atoms with E-state index in [9.17, 15) is 0 Å². The Balaban J connectivity index is 1.85. The van der Waals surface area contributed by atoms with Crippen LogP contribution in [-0.2, 0) is 11.3 Å². The van der Waals surface area contributed by atoms with Crippen molar-refractivity contribution in [1.29, 1.82) is 0 Å². The molecule has 1 saturated carbocycles. The predicted octanol–water partition coefficient (Wildman–Crippen LogP) is 1.91. The third-order valence-corrected chi connectivity index (χ3v) is 3.00. The number of ether oxygens (including phenoxy) is 1. The maximum atomic E-state index is 5.36. The van der Waals surface area contributed by atoms with Gasteiger partial charge in [-0.15, -0.1) is 0 Å². The van der Waals surface area contributed by atoms with Crippen molar-refractivity contribution in [3.05, 3.63) is 11.7 Å². The fraction of sp³-hybridized carbons (Fsp3) is 0.833. The summed E-state index contributed by atoms with van der Waals surface area (Å²) in [6.07, 6.45) is 2.61. The molecular weight excluding hydrogens is 218 g/mol. The fourth-order valence-corrected chi connectivity index (χ4v) is 1.84. The second-order valence-electron chi connectivity index (χ2n) is 5.02. The minimum atomic E-state index is -0.0871. The Morgan fingerprint density at radius 1 is 1.47 bits per heavy atom. The molecule has 5 nitrogen and oxygen atoms in total. The zero-order valence-corrected chi connectivity index (χ0v) is 10.8. The van der Waals surface area contributed by atoms with Crippen LogP contribution in [0.5, 0.6) is 0 Å². The van der Waals surface area contributed by atoms with Gasteiger partial charge in [0, 0.05) is 7.11 Å². The number of aromatic nitrogens is 2. The van der Waals surface area contributed by atoms with Crippen LogP contribution >= 0.6 is 0 Å². The number of hydrogen-bond acceptors (Lipinski definition) is 5. The molecule has 1 atom stereocenters. The molecule has 0 saturated heterocycles. The number of hydrogen-bond donors (Lipinski definition) is 1. The first-order valence-electron chi connectivity index (χ1n) is 6.26. The van der Waals surface area contributed by atoms with Crippen LogP contribution < -0.4 is 5.32 Å². The van der Waals surface area contributed by atoms with E-state index in [-0.39, 0.29) is 6.10 Å². The molecule has 2 rings (SSSR count). The zero-order chi connectivity index (χ0) is 12.3. The zero-order valence-electron chi connectivity index (χ0n) is 10.8. The lowest BCUT2D eigenvalue weighted by molar-refractivity contribution is 0.0555. The van der Waals surface area contributed by atoms with Crippen molar-refractivity contribution >= 4 is 0 Å². The molecule has 1 aromatic heterocycles. The maximum Gasteiger partial charge on any atom is 0.240 e. The van der Waals surface area contributed by atoms with Gasteiger partial charge in [-0.25, -0.2) is 0 Å². The standard InChI is InChI=1S/C12H21N3O2/c1-8(2)11(16-3)12-14-10(17-15-12)7-13-6-9-4-5-9/h8-9,11,13H,4-7H2,1-3H3. The Morgan fingerprint density at radius 2 is 2.24 bits per heavy atom. The molecular formula is C12H21N3O2. The van der Waals surface area contributed by atoms with Gasteiger partial charge in [-0.1, -0.05) is 19.0 Å². The summed E-state index contributed by atoms with van der Waals surface area (Å²) in [6.45, 7) is 5.86. The Kier molecular flexibility index (Phi) is 4.12. The second kappa shape index (κ2) is 5.60. The molecule has 0 aliphatic heterocycles. The third-order valence-electron chi connectivity index (χ3n) is 3.00. The van der Waals surface area contributed by atoms with E-state index in [1.54, 1.807) is 7.11 Å². The fourth-order valence-electron chi connectivity index (χ4n) is 1.84. The van der Waals surface area contributed by atoms with Crippen molar-refractivity contribution in [2.75, 3.05) is 13.7 Å². The van der Waals surface area contributed by atoms with E-state index in [2.05, 4.69) is 29.3 Å². The largest absolute Gasteiger partial charge is 0.373 e. The third kappa shape index (κ3) is 3.51. The van der Waals surface area contributed by atoms with Gasteiger partial charge in [0.05, 0.1) is 6.54 Å². The summed E-state index contributed by atoms with van der Waals surface area (Å²) < 4.78 is 10.6. The lowest BCUT2D eigenvalue weighted by atomic mass is 10.1. The van der Waals surface area contributed by atoms with Gasteiger partial charge in [0.2, 0.25) is 11.7 Å². The minimum Gasteiger partial charge on any atom is -0.373 e. The second-order valence-corrected chi connectivity index (χ2v) is 5.02. The SMILES string of the molecule is COC(c1noc(CNCC2CC2)n1)C(C)C. The van der Waals surface area contributed by atoms with Crippen LogP contribution in [0, 0.1) is 11.8 Å². The number of nitrogens with one attached hydrogen (secondary N) is 1. The van der Waals surface area contributed by atoms with Crippen molar-refractivity contribution < 1.29 is 9.26 Å². The molecule has 0 aromatic carbocycles. The van der Waals surface area contributed by atoms with Crippen LogP contribution in [0.3, 0.4) is 0 Å². The molecule has 96 valence electrons. The first-order chi connectivity index (χ1) is 8.20. The summed E-state index contributed by atoms with van der Waals surface area (Å²) in [7, 11) is 1.67. The number of methoxy groups -OCH3 is 1. The highest BCUT2D eigenvalue weighted by Crippen LogP contribution is 2.27. The summed E-state index contributed by atoms with van der Waals surface area (Å²) in [5.74, 6) is 2.48. The molecule has 1 N–H and O–H groups in total. The molecule has 1 aliphatic carbocycles. The van der Waals surface area contributed by atoms with Gasteiger partial charge >= 0.3 is 0 Å². The lowest BCUT2D eigenvalue weighted by Gasteiger charge is -2.14. The average Bonchev–Trinajstić information content (AvgIpc) is 2.99. The van der Waals surface area contributed by atoms with Gasteiger partial charge in [0.1, 0.15) is 6.10 Å². The summed E-state index contributed by atoms with van der Waals surface area (Å²) in [5, 5.41) is 7.30. The summed E-state index contributed by atoms with van der Waals surface area (Å²) in [4.78, 5) is 4.35. The first-order valence-corrected chi connectivity index (χ1v) is 6.26. The van der Waals surface area contributed by atoms with Gasteiger partial charge in [-0.2, -0.15) is 4.98 Å². The Bertz CT molecular complexity index is 347. The van der Waals surface area contributed by atoms with Crippen molar-refractivity contribution in [3.8, 4) is 0 Å². The van der Waals surface area contributed by atoms with Gasteiger partial charge in [-0.05, 0) is 31.2 Å². The van der Waals surface area contributed by atoms with Crippen molar-refractivity contribution in [3.63, 3.8) is 0 Å². The summed E-state index contributed by atoms with van der Waals surface area (Å²) >= 11 is 0. The van der Waals surface area contributed by atoms with E-state index < -0.39 is 0 Å². The van der Waals surface area contributed by atoms with E-state index >= 15 is 0 Å². The Hall–Kier alpha value is -0.940. The van der Waals surface area contributed by atoms with E-state index in [1.807, 2.05) is 0 Å². The molecule has 1 fully saturated rings. The average molecular weight is 239 g/mol. The molecule has 1 aromatic rings. The monoisotopic (exact) mass is 239 g/mol. The maximum absolute atomic E-state index is 5.36. The highest BCUT2D eigenvalue weighted by molar-refractivity contribution is 4.92. The van der Waals surface area contributed by atoms with Crippen molar-refractivity contribution in [2.24, 2.45) is 11.8 Å². The number of rotatable bonds is 7. The van der Waals surface area contributed by atoms with Crippen LogP contribution in [0.4, 0.5) is 0 Å². The summed E-state index contributed by atoms with van der Waals surface area (Å²) in [5.41, 5.74) is 0. The van der Waals surface area contributed by atoms with Crippen LogP contribution in [0.15, 0.2) is 4.52 Å². The molecule has 0 spiro atoms. The van der Waals surface area contributed by atoms with Gasteiger partial charge in [0.15, 0.2) is 0 Å². The molecule has 0 amide bonds. The molecule has 1 unspecified atom stereocenters. The Labute approximate surface area is 102 Å². The van der Waals surface area contributed by atoms with E-state index in [1.165, 1.54) is 12.8 Å².